The van der Waals surface area contributed by atoms with Crippen LogP contribution in [0.25, 0.3) is 11.3 Å². The monoisotopic (exact) mass is 244 g/mol. The Morgan fingerprint density at radius 2 is 1.89 bits per heavy atom. The minimum absolute atomic E-state index is 0.114. The maximum absolute atomic E-state index is 10.1. The number of rotatable bonds is 3. The molecule has 0 spiro atoms. The number of hydrogen-bond donors (Lipinski definition) is 1. The van der Waals surface area contributed by atoms with Gasteiger partial charge in [0.05, 0.1) is 24.7 Å². The number of benzene rings is 1. The maximum atomic E-state index is 10.1. The summed E-state index contributed by atoms with van der Waals surface area (Å²) in [5.74, 6) is 0. The van der Waals surface area contributed by atoms with Crippen molar-refractivity contribution in [2.45, 2.75) is 33.4 Å². The van der Waals surface area contributed by atoms with Crippen LogP contribution in [-0.4, -0.2) is 20.8 Å². The van der Waals surface area contributed by atoms with Gasteiger partial charge in [0, 0.05) is 11.8 Å². The Bertz CT molecular complexity index is 497. The van der Waals surface area contributed by atoms with Crippen LogP contribution in [0, 0.1) is 5.41 Å². The fourth-order valence-corrected chi connectivity index (χ4v) is 1.69. The average molecular weight is 244 g/mol. The van der Waals surface area contributed by atoms with Gasteiger partial charge in [-0.25, -0.2) is 4.98 Å². The van der Waals surface area contributed by atoms with Gasteiger partial charge in [-0.05, 0) is 5.41 Å². The molecule has 0 bridgehead atoms. The van der Waals surface area contributed by atoms with Crippen molar-refractivity contribution in [2.24, 2.45) is 5.41 Å². The third-order valence-electron chi connectivity index (χ3n) is 3.09. The standard InChI is InChI=1S/C15H20N2O/c1-15(2,3)14(18)10-17-9-13(16-11-17)12-7-5-4-6-8-12/h4-9,11,14,18H,10H2,1-3H3/t14-/m0/s1. The first-order valence-corrected chi connectivity index (χ1v) is 6.22. The number of imidazole rings is 1. The Balaban J connectivity index is 2.12. The predicted octanol–water partition coefficient (Wildman–Crippen LogP) is 2.96. The highest BCUT2D eigenvalue weighted by Crippen LogP contribution is 2.21. The quantitative estimate of drug-likeness (QED) is 0.901. The second-order valence-corrected chi connectivity index (χ2v) is 5.70. The molecule has 1 N–H and O–H groups in total. The van der Waals surface area contributed by atoms with E-state index in [9.17, 15) is 5.11 Å². The smallest absolute Gasteiger partial charge is 0.0954 e. The minimum atomic E-state index is -0.379. The fourth-order valence-electron chi connectivity index (χ4n) is 1.69. The molecule has 2 rings (SSSR count). The third-order valence-corrected chi connectivity index (χ3v) is 3.09. The highest BCUT2D eigenvalue weighted by molar-refractivity contribution is 5.57. The van der Waals surface area contributed by atoms with E-state index in [0.717, 1.165) is 11.3 Å². The molecule has 0 aliphatic heterocycles. The van der Waals surface area contributed by atoms with E-state index in [4.69, 9.17) is 0 Å². The summed E-state index contributed by atoms with van der Waals surface area (Å²) in [4.78, 5) is 4.37. The lowest BCUT2D eigenvalue weighted by Crippen LogP contribution is -2.30. The van der Waals surface area contributed by atoms with E-state index >= 15 is 0 Å². The van der Waals surface area contributed by atoms with Crippen LogP contribution >= 0.6 is 0 Å². The second-order valence-electron chi connectivity index (χ2n) is 5.70. The second kappa shape index (κ2) is 4.94. The summed E-state index contributed by atoms with van der Waals surface area (Å²) >= 11 is 0. The van der Waals surface area contributed by atoms with Crippen molar-refractivity contribution in [3.63, 3.8) is 0 Å². The molecular weight excluding hydrogens is 224 g/mol. The molecule has 96 valence electrons. The lowest BCUT2D eigenvalue weighted by Gasteiger charge is -2.25. The molecule has 1 aromatic heterocycles. The van der Waals surface area contributed by atoms with E-state index in [1.165, 1.54) is 0 Å². The van der Waals surface area contributed by atoms with Gasteiger partial charge >= 0.3 is 0 Å². The van der Waals surface area contributed by atoms with Crippen molar-refractivity contribution in [3.05, 3.63) is 42.9 Å². The molecule has 1 atom stereocenters. The van der Waals surface area contributed by atoms with E-state index in [-0.39, 0.29) is 11.5 Å². The van der Waals surface area contributed by atoms with E-state index in [0.29, 0.717) is 6.54 Å². The lowest BCUT2D eigenvalue weighted by molar-refractivity contribution is 0.0481. The molecule has 0 fully saturated rings. The van der Waals surface area contributed by atoms with Crippen LogP contribution in [0.15, 0.2) is 42.9 Å². The molecule has 0 aliphatic rings. The van der Waals surface area contributed by atoms with E-state index in [1.807, 2.05) is 61.9 Å². The van der Waals surface area contributed by atoms with E-state index < -0.39 is 0 Å². The number of nitrogens with zero attached hydrogens (tertiary/aromatic N) is 2. The van der Waals surface area contributed by atoms with Gasteiger partial charge in [-0.1, -0.05) is 51.1 Å². The van der Waals surface area contributed by atoms with Crippen LogP contribution in [-0.2, 0) is 6.54 Å². The van der Waals surface area contributed by atoms with Gasteiger partial charge in [0.25, 0.3) is 0 Å². The summed E-state index contributed by atoms with van der Waals surface area (Å²) in [6.07, 6.45) is 3.37. The zero-order valence-electron chi connectivity index (χ0n) is 11.2. The molecule has 0 aliphatic carbocycles. The summed E-state index contributed by atoms with van der Waals surface area (Å²) in [7, 11) is 0. The van der Waals surface area contributed by atoms with Gasteiger partial charge in [0.1, 0.15) is 0 Å². The molecule has 1 heterocycles. The lowest BCUT2D eigenvalue weighted by atomic mass is 9.89. The van der Waals surface area contributed by atoms with E-state index in [1.54, 1.807) is 6.33 Å². The fraction of sp³-hybridized carbons (Fsp3) is 0.400. The highest BCUT2D eigenvalue weighted by Gasteiger charge is 2.22. The molecule has 3 heteroatoms. The third kappa shape index (κ3) is 2.99. The molecule has 3 nitrogen and oxygen atoms in total. The Morgan fingerprint density at radius 3 is 2.50 bits per heavy atom. The van der Waals surface area contributed by atoms with Crippen molar-refractivity contribution in [1.82, 2.24) is 9.55 Å². The number of aromatic nitrogens is 2. The Hall–Kier alpha value is -1.61. The molecule has 0 saturated heterocycles. The zero-order valence-corrected chi connectivity index (χ0v) is 11.2. The molecule has 0 radical (unpaired) electrons. The van der Waals surface area contributed by atoms with Crippen molar-refractivity contribution in [1.29, 1.82) is 0 Å². The normalized spacial score (nSPS) is 13.6. The summed E-state index contributed by atoms with van der Waals surface area (Å²) in [5.41, 5.74) is 1.93. The molecular formula is C15H20N2O. The van der Waals surface area contributed by atoms with E-state index in [2.05, 4.69) is 4.98 Å². The summed E-state index contributed by atoms with van der Waals surface area (Å²) in [6, 6.07) is 10.1. The van der Waals surface area contributed by atoms with Crippen LogP contribution in [0.5, 0.6) is 0 Å². The first-order valence-electron chi connectivity index (χ1n) is 6.22. The Labute approximate surface area is 108 Å². The van der Waals surface area contributed by atoms with Crippen LogP contribution in [0.3, 0.4) is 0 Å². The van der Waals surface area contributed by atoms with Gasteiger partial charge < -0.3 is 9.67 Å². The molecule has 0 unspecified atom stereocenters. The largest absolute Gasteiger partial charge is 0.391 e. The van der Waals surface area contributed by atoms with Crippen molar-refractivity contribution < 1.29 is 5.11 Å². The highest BCUT2D eigenvalue weighted by atomic mass is 16.3. The van der Waals surface area contributed by atoms with Crippen LogP contribution in [0.2, 0.25) is 0 Å². The molecule has 2 aromatic rings. The first kappa shape index (κ1) is 12.8. The molecule has 1 aromatic carbocycles. The van der Waals surface area contributed by atoms with Crippen molar-refractivity contribution in [2.75, 3.05) is 0 Å². The Kier molecular flexibility index (Phi) is 3.53. The molecule has 0 saturated carbocycles. The number of hydrogen-bond acceptors (Lipinski definition) is 2. The van der Waals surface area contributed by atoms with Gasteiger partial charge in [-0.3, -0.25) is 0 Å². The maximum Gasteiger partial charge on any atom is 0.0954 e. The van der Waals surface area contributed by atoms with Crippen molar-refractivity contribution in [3.8, 4) is 11.3 Å². The predicted molar refractivity (Wildman–Crippen MR) is 73.1 cm³/mol. The van der Waals surface area contributed by atoms with Crippen LogP contribution in [0.1, 0.15) is 20.8 Å². The number of aliphatic hydroxyl groups is 1. The molecule has 18 heavy (non-hydrogen) atoms. The summed E-state index contributed by atoms with van der Waals surface area (Å²) < 4.78 is 1.94. The first-order chi connectivity index (χ1) is 8.47. The SMILES string of the molecule is CC(C)(C)[C@@H](O)Cn1cnc(-c2ccccc2)c1. The van der Waals surface area contributed by atoms with Gasteiger partial charge in [-0.15, -0.1) is 0 Å². The topological polar surface area (TPSA) is 38.0 Å². The van der Waals surface area contributed by atoms with Crippen molar-refractivity contribution >= 4 is 0 Å². The van der Waals surface area contributed by atoms with Gasteiger partial charge in [-0.2, -0.15) is 0 Å². The average Bonchev–Trinajstić information content (AvgIpc) is 2.77. The van der Waals surface area contributed by atoms with Gasteiger partial charge in [0.2, 0.25) is 0 Å². The van der Waals surface area contributed by atoms with Crippen LogP contribution < -0.4 is 0 Å². The Morgan fingerprint density at radius 1 is 1.22 bits per heavy atom. The van der Waals surface area contributed by atoms with Crippen LogP contribution in [0.4, 0.5) is 0 Å². The zero-order chi connectivity index (χ0) is 13.2. The molecule has 0 amide bonds. The van der Waals surface area contributed by atoms with Gasteiger partial charge in [0.15, 0.2) is 0 Å². The minimum Gasteiger partial charge on any atom is -0.391 e. The summed E-state index contributed by atoms with van der Waals surface area (Å²) in [5, 5.41) is 10.1. The summed E-state index contributed by atoms with van der Waals surface area (Å²) in [6.45, 7) is 6.68. The number of aliphatic hydroxyl groups excluding tert-OH is 1.